The number of carbonyl (C=O) groups excluding carboxylic acids is 3. The summed E-state index contributed by atoms with van der Waals surface area (Å²) in [6.45, 7) is 10.5. The third-order valence-electron chi connectivity index (χ3n) is 6.87. The molecule has 1 saturated heterocycles. The molecule has 39 heavy (non-hydrogen) atoms. The maximum Gasteiger partial charge on any atom is 0.342 e. The van der Waals surface area contributed by atoms with Crippen LogP contribution in [0.15, 0.2) is 60.7 Å². The number of benzene rings is 2. The van der Waals surface area contributed by atoms with Gasteiger partial charge in [0.2, 0.25) is 5.91 Å². The summed E-state index contributed by atoms with van der Waals surface area (Å²) in [5.74, 6) is -0.833. The van der Waals surface area contributed by atoms with Gasteiger partial charge in [-0.2, -0.15) is 0 Å². The Morgan fingerprint density at radius 3 is 2.05 bits per heavy atom. The van der Waals surface area contributed by atoms with Crippen molar-refractivity contribution in [3.05, 3.63) is 94.6 Å². The molecular formula is C31H36N4O4. The molecule has 1 aliphatic rings. The third kappa shape index (κ3) is 6.33. The van der Waals surface area contributed by atoms with Gasteiger partial charge in [-0.05, 0) is 37.8 Å². The zero-order chi connectivity index (χ0) is 28.1. The summed E-state index contributed by atoms with van der Waals surface area (Å²) in [5, 5.41) is 0. The van der Waals surface area contributed by atoms with Crippen LogP contribution in [0, 0.1) is 19.8 Å². The van der Waals surface area contributed by atoms with Gasteiger partial charge in [-0.15, -0.1) is 0 Å². The number of carbonyl (C=O) groups is 3. The van der Waals surface area contributed by atoms with Crippen LogP contribution in [0.2, 0.25) is 0 Å². The Kier molecular flexibility index (Phi) is 8.74. The summed E-state index contributed by atoms with van der Waals surface area (Å²) >= 11 is 0. The predicted octanol–water partition coefficient (Wildman–Crippen LogP) is 4.41. The second-order valence-corrected chi connectivity index (χ2v) is 10.5. The average Bonchev–Trinajstić information content (AvgIpc) is 2.92. The van der Waals surface area contributed by atoms with Gasteiger partial charge in [0, 0.05) is 25.7 Å². The molecule has 2 aromatic carbocycles. The molecule has 8 heteroatoms. The van der Waals surface area contributed by atoms with Crippen LogP contribution >= 0.6 is 0 Å². The van der Waals surface area contributed by atoms with E-state index in [1.165, 1.54) is 0 Å². The van der Waals surface area contributed by atoms with Crippen LogP contribution in [0.1, 0.15) is 70.2 Å². The fourth-order valence-electron chi connectivity index (χ4n) is 4.98. The van der Waals surface area contributed by atoms with Crippen molar-refractivity contribution in [2.24, 2.45) is 5.92 Å². The number of ether oxygens (including phenoxy) is 1. The summed E-state index contributed by atoms with van der Waals surface area (Å²) < 4.78 is 5.43. The van der Waals surface area contributed by atoms with Crippen LogP contribution in [0.4, 0.5) is 0 Å². The van der Waals surface area contributed by atoms with Crippen LogP contribution in [-0.2, 0) is 9.53 Å². The van der Waals surface area contributed by atoms with Crippen molar-refractivity contribution in [2.75, 3.05) is 26.2 Å². The quantitative estimate of drug-likeness (QED) is 0.422. The second-order valence-electron chi connectivity index (χ2n) is 10.5. The monoisotopic (exact) mass is 528 g/mol. The summed E-state index contributed by atoms with van der Waals surface area (Å²) in [6.07, 6.45) is 0. The van der Waals surface area contributed by atoms with Gasteiger partial charge in [0.15, 0.2) is 0 Å². The number of hydrogen-bond donors (Lipinski definition) is 0. The molecule has 0 saturated carbocycles. The van der Waals surface area contributed by atoms with Crippen molar-refractivity contribution in [3.63, 3.8) is 0 Å². The van der Waals surface area contributed by atoms with Crippen LogP contribution in [0.5, 0.6) is 0 Å². The SMILES string of the molecule is Cc1nc(C)c(C(=O)OCC(C)C)c(C(=O)N2CCN(C(=O)C(c3ccccc3)c3ccccc3)C(C)C2)n1. The van der Waals surface area contributed by atoms with E-state index in [0.29, 0.717) is 31.2 Å². The Morgan fingerprint density at radius 2 is 1.51 bits per heavy atom. The summed E-state index contributed by atoms with van der Waals surface area (Å²) in [4.78, 5) is 52.7. The van der Waals surface area contributed by atoms with E-state index in [1.807, 2.05) is 86.3 Å². The molecule has 1 fully saturated rings. The maximum atomic E-state index is 14.0. The lowest BCUT2D eigenvalue weighted by atomic mass is 9.89. The van der Waals surface area contributed by atoms with E-state index in [0.717, 1.165) is 11.1 Å². The molecule has 2 heterocycles. The van der Waals surface area contributed by atoms with E-state index in [-0.39, 0.29) is 41.6 Å². The summed E-state index contributed by atoms with van der Waals surface area (Å²) in [6, 6.07) is 19.3. The van der Waals surface area contributed by atoms with Crippen LogP contribution < -0.4 is 0 Å². The van der Waals surface area contributed by atoms with Crippen LogP contribution in [0.25, 0.3) is 0 Å². The first-order valence-electron chi connectivity index (χ1n) is 13.4. The van der Waals surface area contributed by atoms with Gasteiger partial charge < -0.3 is 14.5 Å². The minimum atomic E-state index is -0.597. The van der Waals surface area contributed by atoms with Crippen molar-refractivity contribution in [2.45, 2.75) is 46.6 Å². The van der Waals surface area contributed by atoms with Gasteiger partial charge in [0.25, 0.3) is 5.91 Å². The lowest BCUT2D eigenvalue weighted by Gasteiger charge is -2.41. The van der Waals surface area contributed by atoms with Gasteiger partial charge in [-0.3, -0.25) is 9.59 Å². The van der Waals surface area contributed by atoms with Crippen molar-refractivity contribution in [3.8, 4) is 0 Å². The Labute approximate surface area is 230 Å². The molecular weight excluding hydrogens is 492 g/mol. The average molecular weight is 529 g/mol. The molecule has 0 aliphatic carbocycles. The number of aromatic nitrogens is 2. The topological polar surface area (TPSA) is 92.7 Å². The lowest BCUT2D eigenvalue weighted by Crippen LogP contribution is -2.56. The number of esters is 1. The number of piperazine rings is 1. The molecule has 0 N–H and O–H groups in total. The standard InChI is InChI=1S/C31H36N4O4/c1-20(2)19-39-31(38)26-22(4)32-23(5)33-28(26)30(37)34-16-17-35(21(3)18-34)29(36)27(24-12-8-6-9-13-24)25-14-10-7-11-15-25/h6-15,20-21,27H,16-19H2,1-5H3. The molecule has 204 valence electrons. The summed E-state index contributed by atoms with van der Waals surface area (Å²) in [7, 11) is 0. The minimum Gasteiger partial charge on any atom is -0.462 e. The van der Waals surface area contributed by atoms with Gasteiger partial charge in [-0.1, -0.05) is 74.5 Å². The van der Waals surface area contributed by atoms with E-state index in [2.05, 4.69) is 9.97 Å². The Bertz CT molecular complexity index is 1290. The third-order valence-corrected chi connectivity index (χ3v) is 6.87. The van der Waals surface area contributed by atoms with Crippen molar-refractivity contribution in [1.82, 2.24) is 19.8 Å². The normalized spacial score (nSPS) is 15.5. The van der Waals surface area contributed by atoms with Crippen molar-refractivity contribution in [1.29, 1.82) is 0 Å². The lowest BCUT2D eigenvalue weighted by molar-refractivity contribution is -0.136. The Balaban J connectivity index is 1.56. The molecule has 4 rings (SSSR count). The van der Waals surface area contributed by atoms with E-state index >= 15 is 0 Å². The zero-order valence-electron chi connectivity index (χ0n) is 23.3. The van der Waals surface area contributed by atoms with E-state index < -0.39 is 11.9 Å². The fourth-order valence-corrected chi connectivity index (χ4v) is 4.98. The Hall–Kier alpha value is -4.07. The molecule has 1 atom stereocenters. The fraction of sp³-hybridized carbons (Fsp3) is 0.387. The first-order chi connectivity index (χ1) is 18.7. The number of nitrogens with zero attached hydrogens (tertiary/aromatic N) is 4. The van der Waals surface area contributed by atoms with Crippen LogP contribution in [-0.4, -0.2) is 69.8 Å². The first kappa shape index (κ1) is 28.0. The molecule has 0 radical (unpaired) electrons. The maximum absolute atomic E-state index is 14.0. The summed E-state index contributed by atoms with van der Waals surface area (Å²) in [5.41, 5.74) is 2.42. The Morgan fingerprint density at radius 1 is 0.923 bits per heavy atom. The van der Waals surface area contributed by atoms with Gasteiger partial charge in [0.05, 0.1) is 18.2 Å². The molecule has 0 spiro atoms. The van der Waals surface area contributed by atoms with E-state index in [1.54, 1.807) is 18.7 Å². The minimum absolute atomic E-state index is 0.00123. The largest absolute Gasteiger partial charge is 0.462 e. The first-order valence-corrected chi connectivity index (χ1v) is 13.4. The number of aryl methyl sites for hydroxylation is 2. The highest BCUT2D eigenvalue weighted by Gasteiger charge is 2.36. The van der Waals surface area contributed by atoms with E-state index in [4.69, 9.17) is 4.74 Å². The molecule has 1 aliphatic heterocycles. The highest BCUT2D eigenvalue weighted by molar-refractivity contribution is 6.04. The predicted molar refractivity (Wildman–Crippen MR) is 148 cm³/mol. The number of hydrogen-bond acceptors (Lipinski definition) is 6. The highest BCUT2D eigenvalue weighted by atomic mass is 16.5. The smallest absolute Gasteiger partial charge is 0.342 e. The number of rotatable bonds is 7. The molecule has 8 nitrogen and oxygen atoms in total. The second kappa shape index (κ2) is 12.2. The number of amides is 2. The molecule has 1 aromatic heterocycles. The van der Waals surface area contributed by atoms with Crippen molar-refractivity contribution >= 4 is 17.8 Å². The zero-order valence-corrected chi connectivity index (χ0v) is 23.3. The van der Waals surface area contributed by atoms with Crippen molar-refractivity contribution < 1.29 is 19.1 Å². The molecule has 3 aromatic rings. The van der Waals surface area contributed by atoms with Gasteiger partial charge >= 0.3 is 5.97 Å². The van der Waals surface area contributed by atoms with Gasteiger partial charge in [-0.25, -0.2) is 14.8 Å². The molecule has 0 bridgehead atoms. The molecule has 2 amide bonds. The molecule has 1 unspecified atom stereocenters. The van der Waals surface area contributed by atoms with Crippen LogP contribution in [0.3, 0.4) is 0 Å². The highest BCUT2D eigenvalue weighted by Crippen LogP contribution is 2.29. The van der Waals surface area contributed by atoms with E-state index in [9.17, 15) is 14.4 Å². The van der Waals surface area contributed by atoms with Gasteiger partial charge in [0.1, 0.15) is 17.1 Å².